The number of aryl methyl sites for hydroxylation is 1. The zero-order chi connectivity index (χ0) is 20.8. The Balaban J connectivity index is 1.77. The molecule has 4 rings (SSSR count). The SMILES string of the molecule is [C-]#[N+]CN1CCC2(CC1)NC(=O)c1c(C)cc(Nc3ncnc(N)c3Cl)c(=O)n12. The van der Waals surface area contributed by atoms with Crippen molar-refractivity contribution in [2.75, 3.05) is 30.8 Å². The third-order valence-corrected chi connectivity index (χ3v) is 5.78. The number of nitrogens with zero attached hydrogens (tertiary/aromatic N) is 5. The van der Waals surface area contributed by atoms with Crippen molar-refractivity contribution in [1.82, 2.24) is 24.8 Å². The number of aromatic nitrogens is 3. The Labute approximate surface area is 171 Å². The van der Waals surface area contributed by atoms with Crippen LogP contribution in [0.2, 0.25) is 5.02 Å². The van der Waals surface area contributed by atoms with Crippen molar-refractivity contribution >= 4 is 34.8 Å². The summed E-state index contributed by atoms with van der Waals surface area (Å²) in [6, 6.07) is 1.61. The first-order valence-corrected chi connectivity index (χ1v) is 9.42. The van der Waals surface area contributed by atoms with Crippen LogP contribution in [0, 0.1) is 13.5 Å². The normalized spacial score (nSPS) is 17.6. The first-order valence-electron chi connectivity index (χ1n) is 9.04. The molecule has 0 saturated carbocycles. The van der Waals surface area contributed by atoms with Gasteiger partial charge in [-0.2, -0.15) is 0 Å². The standard InChI is InChI=1S/C18H19ClN8O2/c1-10-7-11(24-15-12(19)14(20)22-8-23-15)17(29)27-13(10)16(28)25-18(27)3-5-26(6-4-18)9-21-2/h7-8H,3-6,9H2,1H3,(H,25,28)(H3,20,22,23,24). The quantitative estimate of drug-likeness (QED) is 0.647. The minimum atomic E-state index is -0.807. The van der Waals surface area contributed by atoms with Crippen LogP contribution in [0.5, 0.6) is 0 Å². The van der Waals surface area contributed by atoms with E-state index >= 15 is 0 Å². The molecule has 0 aromatic carbocycles. The van der Waals surface area contributed by atoms with Crippen LogP contribution in [0.3, 0.4) is 0 Å². The van der Waals surface area contributed by atoms with Gasteiger partial charge in [-0.15, -0.1) is 0 Å². The molecule has 2 aromatic rings. The van der Waals surface area contributed by atoms with Crippen LogP contribution in [0.15, 0.2) is 17.2 Å². The van der Waals surface area contributed by atoms with Gasteiger partial charge in [-0.25, -0.2) is 21.4 Å². The van der Waals surface area contributed by atoms with E-state index in [1.807, 2.05) is 4.90 Å². The number of nitrogens with two attached hydrogens (primary N) is 1. The van der Waals surface area contributed by atoms with Crippen LogP contribution in [0.4, 0.5) is 17.3 Å². The van der Waals surface area contributed by atoms with Crippen LogP contribution in [0.1, 0.15) is 28.9 Å². The Bertz CT molecular complexity index is 1100. The highest BCUT2D eigenvalue weighted by Gasteiger charge is 2.46. The predicted octanol–water partition coefficient (Wildman–Crippen LogP) is 1.29. The molecular formula is C18H19ClN8O2. The number of carbonyl (C=O) groups is 1. The van der Waals surface area contributed by atoms with Crippen molar-refractivity contribution in [3.05, 3.63) is 50.4 Å². The van der Waals surface area contributed by atoms with Gasteiger partial charge in [-0.3, -0.25) is 19.0 Å². The summed E-state index contributed by atoms with van der Waals surface area (Å²) < 4.78 is 1.54. The second kappa shape index (κ2) is 7.02. The van der Waals surface area contributed by atoms with Gasteiger partial charge in [-0.1, -0.05) is 11.6 Å². The number of piperidine rings is 1. The lowest BCUT2D eigenvalue weighted by Crippen LogP contribution is -2.54. The van der Waals surface area contributed by atoms with Crippen LogP contribution in [0.25, 0.3) is 4.85 Å². The van der Waals surface area contributed by atoms with Gasteiger partial charge in [-0.05, 0) is 18.6 Å². The van der Waals surface area contributed by atoms with Crippen molar-refractivity contribution in [2.45, 2.75) is 25.4 Å². The average molecular weight is 415 g/mol. The minimum Gasteiger partial charge on any atom is -0.382 e. The molecule has 1 fully saturated rings. The van der Waals surface area contributed by atoms with Crippen LogP contribution >= 0.6 is 11.6 Å². The van der Waals surface area contributed by atoms with Crippen LogP contribution < -0.4 is 21.9 Å². The zero-order valence-electron chi connectivity index (χ0n) is 15.7. The number of fused-ring (bicyclic) bond motifs is 2. The molecule has 2 aliphatic rings. The Morgan fingerprint density at radius 3 is 2.79 bits per heavy atom. The topological polar surface area (TPSA) is 123 Å². The number of nitrogens with one attached hydrogen (secondary N) is 2. The van der Waals surface area contributed by atoms with E-state index < -0.39 is 5.66 Å². The van der Waals surface area contributed by atoms with E-state index in [0.717, 1.165) is 0 Å². The zero-order valence-corrected chi connectivity index (χ0v) is 16.5. The molecular weight excluding hydrogens is 396 g/mol. The maximum absolute atomic E-state index is 13.4. The molecule has 150 valence electrons. The highest BCUT2D eigenvalue weighted by atomic mass is 35.5. The highest BCUT2D eigenvalue weighted by molar-refractivity contribution is 6.35. The fourth-order valence-corrected chi connectivity index (χ4v) is 4.11. The first-order chi connectivity index (χ1) is 13.9. The molecule has 11 heteroatoms. The maximum Gasteiger partial charge on any atom is 0.276 e. The molecule has 0 atom stereocenters. The monoisotopic (exact) mass is 414 g/mol. The number of pyridine rings is 1. The van der Waals surface area contributed by atoms with Gasteiger partial charge in [0.15, 0.2) is 5.82 Å². The van der Waals surface area contributed by atoms with Gasteiger partial charge in [0.25, 0.3) is 18.1 Å². The minimum absolute atomic E-state index is 0.0997. The lowest BCUT2D eigenvalue weighted by Gasteiger charge is -2.38. The first kappa shape index (κ1) is 19.2. The number of amides is 1. The summed E-state index contributed by atoms with van der Waals surface area (Å²) in [5.41, 5.74) is 5.81. The molecule has 0 unspecified atom stereocenters. The van der Waals surface area contributed by atoms with Crippen molar-refractivity contribution in [2.24, 2.45) is 0 Å². The largest absolute Gasteiger partial charge is 0.382 e. The summed E-state index contributed by atoms with van der Waals surface area (Å²) in [5.74, 6) is 0.0474. The number of likely N-dealkylation sites (tertiary alicyclic amines) is 1. The van der Waals surface area contributed by atoms with Crippen molar-refractivity contribution in [3.8, 4) is 0 Å². The van der Waals surface area contributed by atoms with Gasteiger partial charge in [0, 0.05) is 25.9 Å². The molecule has 4 N–H and O–H groups in total. The molecule has 4 heterocycles. The molecule has 1 spiro atoms. The molecule has 2 aromatic heterocycles. The van der Waals surface area contributed by atoms with Crippen LogP contribution in [-0.4, -0.2) is 45.1 Å². The number of rotatable bonds is 3. The van der Waals surface area contributed by atoms with E-state index in [4.69, 9.17) is 23.9 Å². The van der Waals surface area contributed by atoms with Gasteiger partial charge in [0.2, 0.25) is 0 Å². The second-order valence-electron chi connectivity index (χ2n) is 7.18. The van der Waals surface area contributed by atoms with E-state index in [-0.39, 0.29) is 33.8 Å². The smallest absolute Gasteiger partial charge is 0.276 e. The Hall–Kier alpha value is -3.16. The highest BCUT2D eigenvalue weighted by Crippen LogP contribution is 2.34. The number of anilines is 3. The van der Waals surface area contributed by atoms with Gasteiger partial charge >= 0.3 is 0 Å². The third-order valence-electron chi connectivity index (χ3n) is 5.40. The Morgan fingerprint density at radius 2 is 2.10 bits per heavy atom. The third kappa shape index (κ3) is 3.08. The van der Waals surface area contributed by atoms with Crippen molar-refractivity contribution in [1.29, 1.82) is 0 Å². The molecule has 1 amide bonds. The van der Waals surface area contributed by atoms with Crippen LogP contribution in [-0.2, 0) is 5.66 Å². The molecule has 0 radical (unpaired) electrons. The molecule has 29 heavy (non-hydrogen) atoms. The van der Waals surface area contributed by atoms with E-state index in [2.05, 4.69) is 25.4 Å². The van der Waals surface area contributed by atoms with Gasteiger partial charge < -0.3 is 16.4 Å². The van der Waals surface area contributed by atoms with Crippen molar-refractivity contribution < 1.29 is 4.79 Å². The van der Waals surface area contributed by atoms with E-state index in [1.165, 1.54) is 6.33 Å². The number of carbonyl (C=O) groups excluding carboxylic acids is 1. The summed E-state index contributed by atoms with van der Waals surface area (Å²) in [6.45, 7) is 10.3. The van der Waals surface area contributed by atoms with Gasteiger partial charge in [0.05, 0.1) is 0 Å². The summed E-state index contributed by atoms with van der Waals surface area (Å²) in [7, 11) is 0. The summed E-state index contributed by atoms with van der Waals surface area (Å²) in [4.78, 5) is 39.3. The molecule has 0 bridgehead atoms. The molecule has 2 aliphatic heterocycles. The van der Waals surface area contributed by atoms with Gasteiger partial charge in [0.1, 0.15) is 34.2 Å². The molecule has 1 saturated heterocycles. The number of halogens is 1. The van der Waals surface area contributed by atoms with Crippen molar-refractivity contribution in [3.63, 3.8) is 0 Å². The maximum atomic E-state index is 13.4. The summed E-state index contributed by atoms with van der Waals surface area (Å²) >= 11 is 6.15. The number of nitrogen functional groups attached to an aromatic ring is 1. The average Bonchev–Trinajstić information content (AvgIpc) is 2.98. The fraction of sp³-hybridized carbons (Fsp3) is 0.389. The number of hydrogen-bond acceptors (Lipinski definition) is 7. The van der Waals surface area contributed by atoms with E-state index in [9.17, 15) is 9.59 Å². The fourth-order valence-electron chi connectivity index (χ4n) is 3.96. The molecule has 0 aliphatic carbocycles. The molecule has 10 nitrogen and oxygen atoms in total. The summed E-state index contributed by atoms with van der Waals surface area (Å²) in [6.07, 6.45) is 2.32. The number of hydrogen-bond donors (Lipinski definition) is 3. The van der Waals surface area contributed by atoms with E-state index in [1.54, 1.807) is 17.6 Å². The lowest BCUT2D eigenvalue weighted by atomic mass is 9.97. The lowest BCUT2D eigenvalue weighted by molar-refractivity contribution is 0.0773. The Morgan fingerprint density at radius 1 is 1.38 bits per heavy atom. The predicted molar refractivity (Wildman–Crippen MR) is 108 cm³/mol. The summed E-state index contributed by atoms with van der Waals surface area (Å²) in [5, 5.41) is 6.06. The Kier molecular flexibility index (Phi) is 4.64. The van der Waals surface area contributed by atoms with E-state index in [0.29, 0.717) is 43.9 Å². The second-order valence-corrected chi connectivity index (χ2v) is 7.56.